The first-order valence-corrected chi connectivity index (χ1v) is 7.31. The minimum Gasteiger partial charge on any atom is -0.352 e. The summed E-state index contributed by atoms with van der Waals surface area (Å²) in [6.07, 6.45) is 2.12. The minimum atomic E-state index is -0.0282. The van der Waals surface area contributed by atoms with Crippen LogP contribution in [0.1, 0.15) is 37.0 Å². The van der Waals surface area contributed by atoms with E-state index in [9.17, 15) is 4.79 Å². The molecule has 0 aliphatic carbocycles. The zero-order valence-corrected chi connectivity index (χ0v) is 12.5. The summed E-state index contributed by atoms with van der Waals surface area (Å²) < 4.78 is 0. The normalized spacial score (nSPS) is 10.7. The average Bonchev–Trinajstić information content (AvgIpc) is 2.43. The molecule has 1 N–H and O–H groups in total. The van der Waals surface area contributed by atoms with Crippen molar-refractivity contribution in [2.45, 2.75) is 26.7 Å². The molecule has 1 aromatic carbocycles. The van der Waals surface area contributed by atoms with Crippen molar-refractivity contribution in [3.8, 4) is 0 Å². The van der Waals surface area contributed by atoms with Gasteiger partial charge in [0.05, 0.1) is 0 Å². The van der Waals surface area contributed by atoms with Gasteiger partial charge in [-0.2, -0.15) is 0 Å². The number of amides is 1. The number of hydrogen-bond acceptors (Lipinski definition) is 2. The molecule has 0 spiro atoms. The monoisotopic (exact) mass is 282 g/mol. The number of benzene rings is 1. The Hall–Kier alpha value is -1.06. The molecule has 106 valence electrons. The van der Waals surface area contributed by atoms with Crippen LogP contribution in [0.4, 0.5) is 0 Å². The van der Waals surface area contributed by atoms with Gasteiger partial charge in [-0.05, 0) is 56.7 Å². The van der Waals surface area contributed by atoms with Gasteiger partial charge in [-0.25, -0.2) is 0 Å². The molecule has 0 fully saturated rings. The number of rotatable bonds is 8. The SMILES string of the molecule is CCN(CC)CCCCNC(=O)c1ccc(Cl)cc1. The molecular formula is C15H23ClN2O. The fourth-order valence-corrected chi connectivity index (χ4v) is 2.03. The summed E-state index contributed by atoms with van der Waals surface area (Å²) in [7, 11) is 0. The summed E-state index contributed by atoms with van der Waals surface area (Å²) >= 11 is 5.78. The van der Waals surface area contributed by atoms with Crippen molar-refractivity contribution in [3.63, 3.8) is 0 Å². The van der Waals surface area contributed by atoms with Crippen LogP contribution in [0.3, 0.4) is 0 Å². The molecule has 1 rings (SSSR count). The number of nitrogens with zero attached hydrogens (tertiary/aromatic N) is 1. The van der Waals surface area contributed by atoms with E-state index in [-0.39, 0.29) is 5.91 Å². The Labute approximate surface area is 120 Å². The fraction of sp³-hybridized carbons (Fsp3) is 0.533. The van der Waals surface area contributed by atoms with Crippen molar-refractivity contribution in [3.05, 3.63) is 34.9 Å². The maximum Gasteiger partial charge on any atom is 0.251 e. The number of carbonyl (C=O) groups is 1. The second-order valence-corrected chi connectivity index (χ2v) is 4.93. The second kappa shape index (κ2) is 8.94. The zero-order chi connectivity index (χ0) is 14.1. The number of nitrogens with one attached hydrogen (secondary N) is 1. The molecule has 0 aliphatic rings. The van der Waals surface area contributed by atoms with Crippen LogP contribution in [0, 0.1) is 0 Å². The van der Waals surface area contributed by atoms with E-state index in [1.165, 1.54) is 0 Å². The van der Waals surface area contributed by atoms with Gasteiger partial charge in [0, 0.05) is 17.1 Å². The summed E-state index contributed by atoms with van der Waals surface area (Å²) in [6.45, 7) is 8.35. The Morgan fingerprint density at radius 2 is 1.79 bits per heavy atom. The molecule has 0 saturated heterocycles. The van der Waals surface area contributed by atoms with Crippen LogP contribution in [-0.4, -0.2) is 37.0 Å². The largest absolute Gasteiger partial charge is 0.352 e. The standard InChI is InChI=1S/C15H23ClN2O/c1-3-18(4-2)12-6-5-11-17-15(19)13-7-9-14(16)10-8-13/h7-10H,3-6,11-12H2,1-2H3,(H,17,19). The first-order chi connectivity index (χ1) is 9.17. The predicted molar refractivity (Wildman–Crippen MR) is 80.8 cm³/mol. The van der Waals surface area contributed by atoms with E-state index in [4.69, 9.17) is 11.6 Å². The van der Waals surface area contributed by atoms with Crippen LogP contribution in [0.15, 0.2) is 24.3 Å². The van der Waals surface area contributed by atoms with Gasteiger partial charge in [-0.1, -0.05) is 25.4 Å². The Balaban J connectivity index is 2.19. The molecule has 4 heteroatoms. The van der Waals surface area contributed by atoms with Gasteiger partial charge < -0.3 is 10.2 Å². The van der Waals surface area contributed by atoms with E-state index < -0.39 is 0 Å². The highest BCUT2D eigenvalue weighted by molar-refractivity contribution is 6.30. The van der Waals surface area contributed by atoms with E-state index >= 15 is 0 Å². The van der Waals surface area contributed by atoms with Gasteiger partial charge >= 0.3 is 0 Å². The molecule has 0 radical (unpaired) electrons. The Kier molecular flexibility index (Phi) is 7.53. The van der Waals surface area contributed by atoms with Gasteiger partial charge in [0.1, 0.15) is 0 Å². The molecule has 0 aliphatic heterocycles. The van der Waals surface area contributed by atoms with Gasteiger partial charge in [-0.3, -0.25) is 4.79 Å². The van der Waals surface area contributed by atoms with Crippen LogP contribution in [0.2, 0.25) is 5.02 Å². The van der Waals surface area contributed by atoms with Crippen molar-refractivity contribution >= 4 is 17.5 Å². The van der Waals surface area contributed by atoms with Crippen LogP contribution >= 0.6 is 11.6 Å². The molecule has 1 amide bonds. The molecule has 3 nitrogen and oxygen atoms in total. The van der Waals surface area contributed by atoms with Crippen molar-refractivity contribution in [1.29, 1.82) is 0 Å². The number of halogens is 1. The highest BCUT2D eigenvalue weighted by Crippen LogP contribution is 2.09. The highest BCUT2D eigenvalue weighted by Gasteiger charge is 2.04. The molecule has 1 aromatic rings. The van der Waals surface area contributed by atoms with E-state index in [2.05, 4.69) is 24.1 Å². The summed E-state index contributed by atoms with van der Waals surface area (Å²) in [6, 6.07) is 6.95. The molecule has 0 unspecified atom stereocenters. The van der Waals surface area contributed by atoms with Gasteiger partial charge in [0.15, 0.2) is 0 Å². The van der Waals surface area contributed by atoms with E-state index in [0.29, 0.717) is 10.6 Å². The molecule has 0 bridgehead atoms. The van der Waals surface area contributed by atoms with Crippen molar-refractivity contribution in [2.24, 2.45) is 0 Å². The van der Waals surface area contributed by atoms with Crippen molar-refractivity contribution in [2.75, 3.05) is 26.2 Å². The number of carbonyl (C=O) groups excluding carboxylic acids is 1. The average molecular weight is 283 g/mol. The summed E-state index contributed by atoms with van der Waals surface area (Å²) in [5, 5.41) is 3.58. The summed E-state index contributed by atoms with van der Waals surface area (Å²) in [4.78, 5) is 14.2. The summed E-state index contributed by atoms with van der Waals surface area (Å²) in [5.41, 5.74) is 0.660. The van der Waals surface area contributed by atoms with Gasteiger partial charge in [0.25, 0.3) is 5.91 Å². The third kappa shape index (κ3) is 6.08. The molecule has 19 heavy (non-hydrogen) atoms. The Morgan fingerprint density at radius 3 is 2.37 bits per heavy atom. The Morgan fingerprint density at radius 1 is 1.16 bits per heavy atom. The summed E-state index contributed by atoms with van der Waals surface area (Å²) in [5.74, 6) is -0.0282. The second-order valence-electron chi connectivity index (χ2n) is 4.50. The number of unbranched alkanes of at least 4 members (excludes halogenated alkanes) is 1. The zero-order valence-electron chi connectivity index (χ0n) is 11.8. The van der Waals surface area contributed by atoms with Crippen molar-refractivity contribution in [1.82, 2.24) is 10.2 Å². The molecule has 0 heterocycles. The topological polar surface area (TPSA) is 32.3 Å². The number of hydrogen-bond donors (Lipinski definition) is 1. The first kappa shape index (κ1) is 16.0. The van der Waals surface area contributed by atoms with E-state index in [1.807, 2.05) is 0 Å². The molecule has 0 atom stereocenters. The van der Waals surface area contributed by atoms with E-state index in [1.54, 1.807) is 24.3 Å². The van der Waals surface area contributed by atoms with Crippen LogP contribution in [0.5, 0.6) is 0 Å². The molecule has 0 saturated carbocycles. The van der Waals surface area contributed by atoms with Gasteiger partial charge in [0.2, 0.25) is 0 Å². The lowest BCUT2D eigenvalue weighted by molar-refractivity contribution is 0.0952. The maximum atomic E-state index is 11.8. The van der Waals surface area contributed by atoms with Crippen LogP contribution < -0.4 is 5.32 Å². The predicted octanol–water partition coefficient (Wildman–Crippen LogP) is 3.19. The highest BCUT2D eigenvalue weighted by atomic mass is 35.5. The third-order valence-electron chi connectivity index (χ3n) is 3.19. The lowest BCUT2D eigenvalue weighted by atomic mass is 10.2. The lowest BCUT2D eigenvalue weighted by Crippen LogP contribution is -2.27. The van der Waals surface area contributed by atoms with Crippen LogP contribution in [0.25, 0.3) is 0 Å². The van der Waals surface area contributed by atoms with E-state index in [0.717, 1.165) is 39.0 Å². The smallest absolute Gasteiger partial charge is 0.251 e. The maximum absolute atomic E-state index is 11.8. The van der Waals surface area contributed by atoms with Gasteiger partial charge in [-0.15, -0.1) is 0 Å². The first-order valence-electron chi connectivity index (χ1n) is 6.93. The minimum absolute atomic E-state index is 0.0282. The molecule has 0 aromatic heterocycles. The Bertz CT molecular complexity index is 374. The fourth-order valence-electron chi connectivity index (χ4n) is 1.91. The quantitative estimate of drug-likeness (QED) is 0.743. The molecular weight excluding hydrogens is 260 g/mol. The van der Waals surface area contributed by atoms with Crippen molar-refractivity contribution < 1.29 is 4.79 Å². The lowest BCUT2D eigenvalue weighted by Gasteiger charge is -2.17. The van der Waals surface area contributed by atoms with Crippen LogP contribution in [-0.2, 0) is 0 Å². The third-order valence-corrected chi connectivity index (χ3v) is 3.44.